The fourth-order valence-electron chi connectivity index (χ4n) is 4.08. The lowest BCUT2D eigenvalue weighted by atomic mass is 9.80. The molecule has 34 heavy (non-hydrogen) atoms. The van der Waals surface area contributed by atoms with Crippen LogP contribution < -0.4 is 11.5 Å². The number of H-pyrrole nitrogens is 1. The monoisotopic (exact) mass is 478 g/mol. The van der Waals surface area contributed by atoms with E-state index in [1.165, 1.54) is 6.42 Å². The van der Waals surface area contributed by atoms with Crippen LogP contribution in [-0.2, 0) is 19.1 Å². The SMILES string of the molecule is C#N.NC=N/C(=N\CO)c1ccc(C2CCC(COC(=O)CC3(N)CCCCC3)O2)[nH]1.O=CO. The predicted octanol–water partition coefficient (Wildman–Crippen LogP) is 1.35. The second-order valence-electron chi connectivity index (χ2n) is 7.94. The highest BCUT2D eigenvalue weighted by atomic mass is 16.6. The Morgan fingerprint density at radius 3 is 2.62 bits per heavy atom. The molecule has 7 N–H and O–H groups in total. The lowest BCUT2D eigenvalue weighted by Gasteiger charge is -2.32. The van der Waals surface area contributed by atoms with Gasteiger partial charge in [0.2, 0.25) is 0 Å². The number of rotatable bonds is 7. The van der Waals surface area contributed by atoms with Gasteiger partial charge in [-0.1, -0.05) is 19.3 Å². The topological polar surface area (TPSA) is 209 Å². The van der Waals surface area contributed by atoms with Crippen molar-refractivity contribution in [3.63, 3.8) is 0 Å². The van der Waals surface area contributed by atoms with Gasteiger partial charge in [0.15, 0.2) is 5.84 Å². The molecule has 12 heteroatoms. The van der Waals surface area contributed by atoms with Crippen LogP contribution in [0.3, 0.4) is 0 Å². The lowest BCUT2D eigenvalue weighted by Crippen LogP contribution is -2.44. The Labute approximate surface area is 198 Å². The number of carboxylic acid groups (broad SMARTS) is 1. The quantitative estimate of drug-likeness (QED) is 0.165. The van der Waals surface area contributed by atoms with E-state index >= 15 is 0 Å². The summed E-state index contributed by atoms with van der Waals surface area (Å²) in [6.45, 7) is 3.12. The summed E-state index contributed by atoms with van der Waals surface area (Å²) in [4.78, 5) is 31.6. The molecule has 0 amide bonds. The van der Waals surface area contributed by atoms with E-state index < -0.39 is 5.54 Å². The molecule has 2 atom stereocenters. The van der Waals surface area contributed by atoms with Gasteiger partial charge in [-0.25, -0.2) is 15.2 Å². The standard InChI is InChI=1S/C20H31N5O4.CHN.CH2O2/c21-12-23-19(24-13-26)16-6-5-15(25-16)17-7-4-14(29-17)11-28-18(27)10-20(22)8-2-1-3-9-20;1-2;2-1-3/h5-6,12,14,17,25-26H,1-4,7-11,13,22H2,(H2,21,23,24);1H;1H,(H,2,3). The Bertz CT molecular complexity index is 831. The van der Waals surface area contributed by atoms with Crippen molar-refractivity contribution in [1.82, 2.24) is 4.98 Å². The number of nitrogens with two attached hydrogens (primary N) is 2. The number of carbonyl (C=O) groups is 2. The number of aromatic amines is 1. The van der Waals surface area contributed by atoms with E-state index in [9.17, 15) is 4.79 Å². The lowest BCUT2D eigenvalue weighted by molar-refractivity contribution is -0.149. The number of hydrogen-bond acceptors (Lipinski definition) is 8. The summed E-state index contributed by atoms with van der Waals surface area (Å²) in [5.74, 6) is 0.0799. The molecule has 2 unspecified atom stereocenters. The van der Waals surface area contributed by atoms with Gasteiger partial charge in [-0.2, -0.15) is 0 Å². The molecule has 2 fully saturated rings. The number of amidine groups is 1. The zero-order valence-electron chi connectivity index (χ0n) is 19.1. The maximum Gasteiger partial charge on any atom is 0.307 e. The molecule has 1 aliphatic carbocycles. The number of aliphatic imine (C=N–C) groups is 2. The number of aliphatic hydroxyl groups excluding tert-OH is 1. The third kappa shape index (κ3) is 9.30. The van der Waals surface area contributed by atoms with E-state index in [0.717, 1.165) is 50.6 Å². The maximum absolute atomic E-state index is 12.2. The van der Waals surface area contributed by atoms with Crippen LogP contribution in [0.25, 0.3) is 0 Å². The minimum atomic E-state index is -0.408. The molecule has 1 aromatic heterocycles. The Morgan fingerprint density at radius 1 is 1.32 bits per heavy atom. The molecule has 1 saturated heterocycles. The number of carbonyl (C=O) groups excluding carboxylic acids is 1. The van der Waals surface area contributed by atoms with Gasteiger partial charge in [-0.05, 0) is 37.8 Å². The number of ether oxygens (including phenoxy) is 2. The largest absolute Gasteiger partial charge is 0.483 e. The van der Waals surface area contributed by atoms with Crippen LogP contribution >= 0.6 is 0 Å². The van der Waals surface area contributed by atoms with E-state index in [0.29, 0.717) is 11.5 Å². The summed E-state index contributed by atoms with van der Waals surface area (Å²) in [5, 5.41) is 22.4. The molecule has 1 saturated carbocycles. The van der Waals surface area contributed by atoms with Crippen LogP contribution in [0.4, 0.5) is 0 Å². The van der Waals surface area contributed by atoms with Crippen molar-refractivity contribution in [2.45, 2.75) is 69.1 Å². The first-order chi connectivity index (χ1) is 16.4. The van der Waals surface area contributed by atoms with Gasteiger partial charge in [-0.3, -0.25) is 9.59 Å². The second-order valence-corrected chi connectivity index (χ2v) is 7.94. The molecule has 188 valence electrons. The number of aliphatic hydroxyl groups is 1. The summed E-state index contributed by atoms with van der Waals surface area (Å²) in [6, 6.07) is 3.72. The van der Waals surface area contributed by atoms with Gasteiger partial charge in [0.25, 0.3) is 6.47 Å². The number of nitrogens with zero attached hydrogens (tertiary/aromatic N) is 3. The molecule has 2 heterocycles. The minimum absolute atomic E-state index is 0.121. The van der Waals surface area contributed by atoms with Crippen LogP contribution in [0.15, 0.2) is 22.1 Å². The minimum Gasteiger partial charge on any atom is -0.483 e. The van der Waals surface area contributed by atoms with Crippen molar-refractivity contribution in [3.05, 3.63) is 23.5 Å². The number of nitriles is 1. The van der Waals surface area contributed by atoms with Gasteiger partial charge >= 0.3 is 5.97 Å². The smallest absolute Gasteiger partial charge is 0.307 e. The molecule has 3 rings (SSSR count). The van der Waals surface area contributed by atoms with Crippen LogP contribution in [0, 0.1) is 11.8 Å². The zero-order chi connectivity index (χ0) is 25.4. The summed E-state index contributed by atoms with van der Waals surface area (Å²) in [7, 11) is 0. The molecule has 0 radical (unpaired) electrons. The van der Waals surface area contributed by atoms with Crippen LogP contribution in [-0.4, -0.2) is 64.8 Å². The van der Waals surface area contributed by atoms with Crippen molar-refractivity contribution in [1.29, 1.82) is 5.26 Å². The highest BCUT2D eigenvalue weighted by molar-refractivity contribution is 6.01. The predicted molar refractivity (Wildman–Crippen MR) is 125 cm³/mol. The van der Waals surface area contributed by atoms with E-state index in [1.807, 2.05) is 12.1 Å². The Hall–Kier alpha value is -3.27. The number of hydrogen-bond donors (Lipinski definition) is 5. The van der Waals surface area contributed by atoms with Crippen molar-refractivity contribution in [2.24, 2.45) is 21.5 Å². The van der Waals surface area contributed by atoms with Gasteiger partial charge in [0.1, 0.15) is 13.3 Å². The van der Waals surface area contributed by atoms with Crippen LogP contribution in [0.2, 0.25) is 0 Å². The molecule has 1 aromatic rings. The molecule has 2 aliphatic rings. The van der Waals surface area contributed by atoms with E-state index in [2.05, 4.69) is 21.5 Å². The van der Waals surface area contributed by atoms with Gasteiger partial charge in [0.05, 0.1) is 30.7 Å². The summed E-state index contributed by atoms with van der Waals surface area (Å²) in [6.07, 6.45) is 7.89. The number of nitrogens with one attached hydrogen (secondary N) is 1. The number of aromatic nitrogens is 1. The van der Waals surface area contributed by atoms with Crippen LogP contribution in [0.1, 0.15) is 68.9 Å². The van der Waals surface area contributed by atoms with Crippen molar-refractivity contribution in [3.8, 4) is 6.57 Å². The second kappa shape index (κ2) is 15.5. The van der Waals surface area contributed by atoms with Crippen molar-refractivity contribution >= 4 is 24.6 Å². The average Bonchev–Trinajstić information content (AvgIpc) is 3.49. The average molecular weight is 479 g/mol. The molecule has 1 aliphatic heterocycles. The molecular formula is C22H34N6O6. The fourth-order valence-corrected chi connectivity index (χ4v) is 4.08. The first kappa shape index (κ1) is 28.8. The van der Waals surface area contributed by atoms with Gasteiger partial charge < -0.3 is 36.1 Å². The third-order valence-corrected chi connectivity index (χ3v) is 5.60. The third-order valence-electron chi connectivity index (χ3n) is 5.60. The Morgan fingerprint density at radius 2 is 2.00 bits per heavy atom. The van der Waals surface area contributed by atoms with Crippen molar-refractivity contribution < 1.29 is 29.3 Å². The summed E-state index contributed by atoms with van der Waals surface area (Å²) in [5.41, 5.74) is 12.8. The van der Waals surface area contributed by atoms with Crippen molar-refractivity contribution in [2.75, 3.05) is 13.3 Å². The normalized spacial score (nSPS) is 21.6. The maximum atomic E-state index is 12.2. The fraction of sp³-hybridized carbons (Fsp3) is 0.591. The van der Waals surface area contributed by atoms with E-state index in [4.69, 9.17) is 41.2 Å². The van der Waals surface area contributed by atoms with E-state index in [-0.39, 0.29) is 44.4 Å². The zero-order valence-corrected chi connectivity index (χ0v) is 19.1. The molecule has 0 bridgehead atoms. The molecular weight excluding hydrogens is 444 g/mol. The molecule has 0 aromatic carbocycles. The number of esters is 1. The first-order valence-electron chi connectivity index (χ1n) is 11.0. The first-order valence-corrected chi connectivity index (χ1v) is 11.0. The van der Waals surface area contributed by atoms with E-state index in [1.54, 1.807) is 0 Å². The van der Waals surface area contributed by atoms with Crippen LogP contribution in [0.5, 0.6) is 0 Å². The van der Waals surface area contributed by atoms with Gasteiger partial charge in [0, 0.05) is 17.8 Å². The Kier molecular flexibility index (Phi) is 13.2. The Balaban J connectivity index is 0.00000107. The molecule has 0 spiro atoms. The van der Waals surface area contributed by atoms with Gasteiger partial charge in [-0.15, -0.1) is 0 Å². The highest BCUT2D eigenvalue weighted by Gasteiger charge is 2.32. The highest BCUT2D eigenvalue weighted by Crippen LogP contribution is 2.33. The molecule has 12 nitrogen and oxygen atoms in total. The summed E-state index contributed by atoms with van der Waals surface area (Å²) >= 11 is 0. The summed E-state index contributed by atoms with van der Waals surface area (Å²) < 4.78 is 11.5.